The van der Waals surface area contributed by atoms with E-state index in [-0.39, 0.29) is 16.5 Å². The van der Waals surface area contributed by atoms with Crippen molar-refractivity contribution in [3.63, 3.8) is 0 Å². The number of amides is 1. The van der Waals surface area contributed by atoms with Gasteiger partial charge in [0.15, 0.2) is 6.61 Å². The number of benzene rings is 1. The van der Waals surface area contributed by atoms with E-state index < -0.39 is 25.1 Å². The van der Waals surface area contributed by atoms with Gasteiger partial charge in [-0.15, -0.1) is 11.3 Å². The molecule has 0 saturated carbocycles. The van der Waals surface area contributed by atoms with Gasteiger partial charge in [-0.25, -0.2) is 4.79 Å². The summed E-state index contributed by atoms with van der Waals surface area (Å²) >= 11 is 7.22. The highest BCUT2D eigenvalue weighted by molar-refractivity contribution is 7.10. The molecule has 0 unspecified atom stereocenters. The highest BCUT2D eigenvalue weighted by Gasteiger charge is 2.11. The highest BCUT2D eigenvalue weighted by atomic mass is 35.5. The molecular formula is C16H12ClF2NO4S. The van der Waals surface area contributed by atoms with E-state index in [4.69, 9.17) is 16.3 Å². The van der Waals surface area contributed by atoms with Gasteiger partial charge in [0, 0.05) is 16.6 Å². The largest absolute Gasteiger partial charge is 0.452 e. The molecule has 0 bridgehead atoms. The van der Waals surface area contributed by atoms with Crippen molar-refractivity contribution in [1.82, 2.24) is 0 Å². The zero-order valence-electron chi connectivity index (χ0n) is 12.6. The quantitative estimate of drug-likeness (QED) is 0.571. The number of ether oxygens (including phenoxy) is 2. The molecule has 0 radical (unpaired) electrons. The predicted molar refractivity (Wildman–Crippen MR) is 91.0 cm³/mol. The standard InChI is InChI=1S/C16H12ClF2NO4S/c17-12-8-10(3-5-13(12)24-16(18)19)20-14(21)9-23-15(22)6-4-11-2-1-7-25-11/h1-8,16H,9H2,(H,20,21)/b6-4+. The number of thiophene rings is 1. The Hall–Kier alpha value is -2.45. The molecule has 0 aliphatic heterocycles. The summed E-state index contributed by atoms with van der Waals surface area (Å²) < 4.78 is 33.3. The molecule has 25 heavy (non-hydrogen) atoms. The molecule has 2 aromatic rings. The van der Waals surface area contributed by atoms with Crippen LogP contribution in [-0.4, -0.2) is 25.1 Å². The van der Waals surface area contributed by atoms with Crippen molar-refractivity contribution in [3.05, 3.63) is 51.7 Å². The van der Waals surface area contributed by atoms with E-state index >= 15 is 0 Å². The summed E-state index contributed by atoms with van der Waals surface area (Å²) in [5, 5.41) is 4.20. The Morgan fingerprint density at radius 3 is 2.76 bits per heavy atom. The van der Waals surface area contributed by atoms with Crippen molar-refractivity contribution in [2.45, 2.75) is 6.61 Å². The third kappa shape index (κ3) is 6.52. The van der Waals surface area contributed by atoms with Crippen molar-refractivity contribution < 1.29 is 27.8 Å². The third-order valence-corrected chi connectivity index (χ3v) is 3.84. The third-order valence-electron chi connectivity index (χ3n) is 2.70. The molecule has 0 aliphatic carbocycles. The number of rotatable bonds is 7. The molecule has 0 aliphatic rings. The Morgan fingerprint density at radius 2 is 2.12 bits per heavy atom. The molecule has 1 aromatic heterocycles. The first kappa shape index (κ1) is 18.9. The van der Waals surface area contributed by atoms with Crippen LogP contribution in [0.15, 0.2) is 41.8 Å². The van der Waals surface area contributed by atoms with Crippen molar-refractivity contribution >= 4 is 46.6 Å². The van der Waals surface area contributed by atoms with Gasteiger partial charge < -0.3 is 14.8 Å². The molecule has 1 heterocycles. The van der Waals surface area contributed by atoms with Crippen LogP contribution >= 0.6 is 22.9 Å². The van der Waals surface area contributed by atoms with Crippen molar-refractivity contribution in [2.24, 2.45) is 0 Å². The van der Waals surface area contributed by atoms with E-state index in [1.807, 2.05) is 17.5 Å². The number of anilines is 1. The fraction of sp³-hybridized carbons (Fsp3) is 0.125. The van der Waals surface area contributed by atoms with Gasteiger partial charge >= 0.3 is 12.6 Å². The van der Waals surface area contributed by atoms with Crippen LogP contribution < -0.4 is 10.1 Å². The van der Waals surface area contributed by atoms with Gasteiger partial charge in [0.25, 0.3) is 5.91 Å². The van der Waals surface area contributed by atoms with Crippen molar-refractivity contribution in [3.8, 4) is 5.75 Å². The normalized spacial score (nSPS) is 10.9. The predicted octanol–water partition coefficient (Wildman–Crippen LogP) is 4.20. The molecule has 1 aromatic carbocycles. The van der Waals surface area contributed by atoms with Crippen LogP contribution in [0.3, 0.4) is 0 Å². The topological polar surface area (TPSA) is 64.6 Å². The Labute approximate surface area is 150 Å². The van der Waals surface area contributed by atoms with Crippen LogP contribution in [0.1, 0.15) is 4.88 Å². The van der Waals surface area contributed by atoms with Crippen LogP contribution in [0.25, 0.3) is 6.08 Å². The number of esters is 1. The second kappa shape index (κ2) is 9.14. The van der Waals surface area contributed by atoms with E-state index in [0.717, 1.165) is 4.88 Å². The minimum atomic E-state index is -3.00. The van der Waals surface area contributed by atoms with Gasteiger partial charge in [-0.1, -0.05) is 17.7 Å². The number of hydrogen-bond acceptors (Lipinski definition) is 5. The average Bonchev–Trinajstić information content (AvgIpc) is 3.07. The van der Waals surface area contributed by atoms with Gasteiger partial charge in [-0.05, 0) is 35.7 Å². The number of carbonyl (C=O) groups is 2. The molecule has 2 rings (SSSR count). The highest BCUT2D eigenvalue weighted by Crippen LogP contribution is 2.28. The summed E-state index contributed by atoms with van der Waals surface area (Å²) in [7, 11) is 0. The summed E-state index contributed by atoms with van der Waals surface area (Å²) in [6.45, 7) is -3.50. The number of alkyl halides is 2. The lowest BCUT2D eigenvalue weighted by atomic mass is 10.3. The minimum Gasteiger partial charge on any atom is -0.452 e. The fourth-order valence-corrected chi connectivity index (χ4v) is 2.53. The number of carbonyl (C=O) groups excluding carboxylic acids is 2. The number of hydrogen-bond donors (Lipinski definition) is 1. The first-order valence-electron chi connectivity index (χ1n) is 6.86. The fourth-order valence-electron chi connectivity index (χ4n) is 1.69. The first-order chi connectivity index (χ1) is 11.9. The molecule has 1 N–H and O–H groups in total. The van der Waals surface area contributed by atoms with Crippen LogP contribution in [-0.2, 0) is 14.3 Å². The summed E-state index contributed by atoms with van der Waals surface area (Å²) in [5.41, 5.74) is 0.252. The lowest BCUT2D eigenvalue weighted by Gasteiger charge is -2.09. The molecule has 132 valence electrons. The van der Waals surface area contributed by atoms with Crippen LogP contribution in [0, 0.1) is 0 Å². The molecule has 1 amide bonds. The summed E-state index contributed by atoms with van der Waals surface area (Å²) in [6.07, 6.45) is 2.79. The lowest BCUT2D eigenvalue weighted by Crippen LogP contribution is -2.20. The zero-order chi connectivity index (χ0) is 18.2. The van der Waals surface area contributed by atoms with Gasteiger partial charge in [0.1, 0.15) is 5.75 Å². The van der Waals surface area contributed by atoms with Crippen molar-refractivity contribution in [2.75, 3.05) is 11.9 Å². The van der Waals surface area contributed by atoms with Crippen LogP contribution in [0.5, 0.6) is 5.75 Å². The van der Waals surface area contributed by atoms with E-state index in [2.05, 4.69) is 10.1 Å². The Kier molecular flexibility index (Phi) is 6.91. The molecular weight excluding hydrogens is 376 g/mol. The van der Waals surface area contributed by atoms with Gasteiger partial charge in [-0.2, -0.15) is 8.78 Å². The number of nitrogens with one attached hydrogen (secondary N) is 1. The smallest absolute Gasteiger partial charge is 0.387 e. The average molecular weight is 388 g/mol. The van der Waals surface area contributed by atoms with Gasteiger partial charge in [0.05, 0.1) is 5.02 Å². The summed E-state index contributed by atoms with van der Waals surface area (Å²) in [6, 6.07) is 7.44. The molecule has 0 spiro atoms. The molecule has 0 atom stereocenters. The van der Waals surface area contributed by atoms with E-state index in [0.29, 0.717) is 0 Å². The maximum absolute atomic E-state index is 12.1. The van der Waals surface area contributed by atoms with E-state index in [1.54, 1.807) is 6.08 Å². The summed E-state index contributed by atoms with van der Waals surface area (Å²) in [4.78, 5) is 24.1. The molecule has 5 nitrogen and oxygen atoms in total. The molecule has 0 saturated heterocycles. The van der Waals surface area contributed by atoms with Crippen LogP contribution in [0.2, 0.25) is 5.02 Å². The van der Waals surface area contributed by atoms with Gasteiger partial charge in [-0.3, -0.25) is 4.79 Å². The van der Waals surface area contributed by atoms with Crippen molar-refractivity contribution in [1.29, 1.82) is 0 Å². The second-order valence-corrected chi connectivity index (χ2v) is 5.91. The summed E-state index contributed by atoms with van der Waals surface area (Å²) in [5.74, 6) is -1.47. The van der Waals surface area contributed by atoms with E-state index in [1.165, 1.54) is 35.6 Å². The number of halogens is 3. The maximum Gasteiger partial charge on any atom is 0.387 e. The zero-order valence-corrected chi connectivity index (χ0v) is 14.2. The van der Waals surface area contributed by atoms with Crippen LogP contribution in [0.4, 0.5) is 14.5 Å². The molecule has 0 fully saturated rings. The Balaban J connectivity index is 1.81. The Morgan fingerprint density at radius 1 is 1.32 bits per heavy atom. The monoisotopic (exact) mass is 387 g/mol. The van der Waals surface area contributed by atoms with Gasteiger partial charge in [0.2, 0.25) is 0 Å². The SMILES string of the molecule is O=C(COC(=O)/C=C/c1cccs1)Nc1ccc(OC(F)F)c(Cl)c1. The first-order valence-corrected chi connectivity index (χ1v) is 8.12. The minimum absolute atomic E-state index is 0.0889. The second-order valence-electron chi connectivity index (χ2n) is 4.53. The lowest BCUT2D eigenvalue weighted by molar-refractivity contribution is -0.142. The van der Waals surface area contributed by atoms with E-state index in [9.17, 15) is 18.4 Å². The maximum atomic E-state index is 12.1. The molecule has 9 heteroatoms. The Bertz CT molecular complexity index is 766.